The van der Waals surface area contributed by atoms with Crippen LogP contribution in [0.4, 0.5) is 0 Å². The van der Waals surface area contributed by atoms with Crippen LogP contribution >= 0.6 is 0 Å². The summed E-state index contributed by atoms with van der Waals surface area (Å²) in [5, 5.41) is 0. The van der Waals surface area contributed by atoms with E-state index in [1.165, 1.54) is 0 Å². The first-order valence-electron chi connectivity index (χ1n) is 4.66. The summed E-state index contributed by atoms with van der Waals surface area (Å²) >= 11 is 0. The van der Waals surface area contributed by atoms with Gasteiger partial charge >= 0.3 is 5.97 Å². The normalized spacial score (nSPS) is 13.7. The molecule has 2 rings (SSSR count). The molecule has 0 fully saturated rings. The zero-order chi connectivity index (χ0) is 10.1. The van der Waals surface area contributed by atoms with Crippen molar-refractivity contribution < 1.29 is 14.3 Å². The van der Waals surface area contributed by atoms with Gasteiger partial charge in [-0.25, -0.2) is 4.79 Å². The Labute approximate surface area is 82.6 Å². The van der Waals surface area contributed by atoms with E-state index in [1.54, 1.807) is 6.07 Å². The molecule has 0 amide bonds. The lowest BCUT2D eigenvalue weighted by Gasteiger charge is -2.08. The number of esters is 1. The monoisotopic (exact) mass is 192 g/mol. The largest absolute Gasteiger partial charge is 0.494 e. The Morgan fingerprint density at radius 3 is 3.00 bits per heavy atom. The van der Waals surface area contributed by atoms with Crippen LogP contribution in [0.5, 0.6) is 5.75 Å². The summed E-state index contributed by atoms with van der Waals surface area (Å²) in [5.41, 5.74) is 2.64. The van der Waals surface area contributed by atoms with Gasteiger partial charge in [0.25, 0.3) is 0 Å². The lowest BCUT2D eigenvalue weighted by atomic mass is 10.0. The lowest BCUT2D eigenvalue weighted by molar-refractivity contribution is 0.0535. The highest BCUT2D eigenvalue weighted by atomic mass is 16.5. The van der Waals surface area contributed by atoms with Gasteiger partial charge in [-0.05, 0) is 31.5 Å². The van der Waals surface area contributed by atoms with Crippen LogP contribution in [-0.4, -0.2) is 12.6 Å². The molecule has 3 nitrogen and oxygen atoms in total. The first-order chi connectivity index (χ1) is 6.74. The number of ether oxygens (including phenoxy) is 2. The average Bonchev–Trinajstić information content (AvgIpc) is 2.54. The summed E-state index contributed by atoms with van der Waals surface area (Å²) in [7, 11) is 0. The SMILES string of the molecule is CCOc1ccc2c(c1C)COC2=O. The summed E-state index contributed by atoms with van der Waals surface area (Å²) in [6.07, 6.45) is 0. The highest BCUT2D eigenvalue weighted by Crippen LogP contribution is 2.29. The smallest absolute Gasteiger partial charge is 0.338 e. The van der Waals surface area contributed by atoms with Gasteiger partial charge in [-0.3, -0.25) is 0 Å². The zero-order valence-electron chi connectivity index (χ0n) is 8.29. The van der Waals surface area contributed by atoms with Crippen molar-refractivity contribution in [1.82, 2.24) is 0 Å². The minimum Gasteiger partial charge on any atom is -0.494 e. The molecule has 3 heteroatoms. The summed E-state index contributed by atoms with van der Waals surface area (Å²) in [4.78, 5) is 11.2. The number of benzene rings is 1. The number of fused-ring (bicyclic) bond motifs is 1. The van der Waals surface area contributed by atoms with Crippen LogP contribution in [0.25, 0.3) is 0 Å². The molecule has 0 unspecified atom stereocenters. The molecular formula is C11H12O3. The summed E-state index contributed by atoms with van der Waals surface area (Å²) in [6, 6.07) is 3.59. The van der Waals surface area contributed by atoms with Gasteiger partial charge in [0.15, 0.2) is 0 Å². The molecule has 0 aromatic heterocycles. The van der Waals surface area contributed by atoms with Crippen molar-refractivity contribution in [3.8, 4) is 5.75 Å². The number of hydrogen-bond acceptors (Lipinski definition) is 3. The molecule has 1 aromatic rings. The van der Waals surface area contributed by atoms with Crippen molar-refractivity contribution in [2.24, 2.45) is 0 Å². The third-order valence-electron chi connectivity index (χ3n) is 2.42. The van der Waals surface area contributed by atoms with E-state index in [9.17, 15) is 4.79 Å². The number of carbonyl (C=O) groups is 1. The summed E-state index contributed by atoms with van der Waals surface area (Å²) in [6.45, 7) is 4.90. The number of cyclic esters (lactones) is 1. The Bertz CT molecular complexity index is 382. The maximum atomic E-state index is 11.2. The van der Waals surface area contributed by atoms with E-state index >= 15 is 0 Å². The Morgan fingerprint density at radius 2 is 2.29 bits per heavy atom. The molecule has 74 valence electrons. The van der Waals surface area contributed by atoms with Crippen LogP contribution in [0.15, 0.2) is 12.1 Å². The molecule has 0 saturated heterocycles. The third kappa shape index (κ3) is 1.25. The minimum atomic E-state index is -0.230. The molecule has 1 aliphatic rings. The van der Waals surface area contributed by atoms with Gasteiger partial charge in [0, 0.05) is 5.56 Å². The van der Waals surface area contributed by atoms with E-state index in [-0.39, 0.29) is 5.97 Å². The van der Waals surface area contributed by atoms with Gasteiger partial charge in [0.1, 0.15) is 12.4 Å². The molecule has 0 bridgehead atoms. The minimum absolute atomic E-state index is 0.230. The highest BCUT2D eigenvalue weighted by Gasteiger charge is 2.24. The number of rotatable bonds is 2. The maximum Gasteiger partial charge on any atom is 0.338 e. The molecule has 0 spiro atoms. The molecule has 0 N–H and O–H groups in total. The summed E-state index contributed by atoms with van der Waals surface area (Å²) in [5.74, 6) is 0.607. The highest BCUT2D eigenvalue weighted by molar-refractivity contribution is 5.94. The Morgan fingerprint density at radius 1 is 1.50 bits per heavy atom. The maximum absolute atomic E-state index is 11.2. The van der Waals surface area contributed by atoms with Crippen molar-refractivity contribution in [3.63, 3.8) is 0 Å². The molecule has 1 aromatic carbocycles. The second kappa shape index (κ2) is 3.33. The van der Waals surface area contributed by atoms with Gasteiger partial charge < -0.3 is 9.47 Å². The van der Waals surface area contributed by atoms with Crippen molar-refractivity contribution in [2.45, 2.75) is 20.5 Å². The van der Waals surface area contributed by atoms with Gasteiger partial charge in [0.05, 0.1) is 12.2 Å². The van der Waals surface area contributed by atoms with E-state index in [2.05, 4.69) is 0 Å². The van der Waals surface area contributed by atoms with Crippen LogP contribution < -0.4 is 4.74 Å². The van der Waals surface area contributed by atoms with Gasteiger partial charge in [-0.2, -0.15) is 0 Å². The third-order valence-corrected chi connectivity index (χ3v) is 2.42. The van der Waals surface area contributed by atoms with Gasteiger partial charge in [-0.15, -0.1) is 0 Å². The van der Waals surface area contributed by atoms with Crippen LogP contribution in [-0.2, 0) is 11.3 Å². The molecule has 1 heterocycles. The van der Waals surface area contributed by atoms with Crippen molar-refractivity contribution in [3.05, 3.63) is 28.8 Å². The van der Waals surface area contributed by atoms with Gasteiger partial charge in [0.2, 0.25) is 0 Å². The van der Waals surface area contributed by atoms with E-state index in [0.29, 0.717) is 18.8 Å². The standard InChI is InChI=1S/C11H12O3/c1-3-13-10-5-4-8-9(7(10)2)6-14-11(8)12/h4-5H,3,6H2,1-2H3. The topological polar surface area (TPSA) is 35.5 Å². The predicted octanol–water partition coefficient (Wildman–Crippen LogP) is 2.06. The molecule has 0 saturated carbocycles. The van der Waals surface area contributed by atoms with Crippen LogP contribution in [0.1, 0.15) is 28.4 Å². The van der Waals surface area contributed by atoms with Crippen molar-refractivity contribution in [2.75, 3.05) is 6.61 Å². The van der Waals surface area contributed by atoms with Gasteiger partial charge in [-0.1, -0.05) is 0 Å². The Hall–Kier alpha value is -1.51. The Balaban J connectivity index is 2.47. The number of carbonyl (C=O) groups excluding carboxylic acids is 1. The summed E-state index contributed by atoms with van der Waals surface area (Å²) < 4.78 is 10.4. The van der Waals surface area contributed by atoms with Crippen molar-refractivity contribution >= 4 is 5.97 Å². The fourth-order valence-electron chi connectivity index (χ4n) is 1.64. The first-order valence-corrected chi connectivity index (χ1v) is 4.66. The second-order valence-corrected chi connectivity index (χ2v) is 3.22. The Kier molecular flexibility index (Phi) is 2.15. The second-order valence-electron chi connectivity index (χ2n) is 3.22. The van der Waals surface area contributed by atoms with Crippen LogP contribution in [0, 0.1) is 6.92 Å². The molecule has 0 radical (unpaired) electrons. The van der Waals surface area contributed by atoms with E-state index in [1.807, 2.05) is 19.9 Å². The van der Waals surface area contributed by atoms with Crippen LogP contribution in [0.3, 0.4) is 0 Å². The van der Waals surface area contributed by atoms with E-state index in [0.717, 1.165) is 16.9 Å². The quantitative estimate of drug-likeness (QED) is 0.673. The fraction of sp³-hybridized carbons (Fsp3) is 0.364. The van der Waals surface area contributed by atoms with E-state index < -0.39 is 0 Å². The lowest BCUT2D eigenvalue weighted by Crippen LogP contribution is -1.98. The molecule has 0 aliphatic carbocycles. The zero-order valence-corrected chi connectivity index (χ0v) is 8.29. The fourth-order valence-corrected chi connectivity index (χ4v) is 1.64. The molecule has 1 aliphatic heterocycles. The molecule has 14 heavy (non-hydrogen) atoms. The predicted molar refractivity (Wildman–Crippen MR) is 51.5 cm³/mol. The number of hydrogen-bond donors (Lipinski definition) is 0. The molecular weight excluding hydrogens is 180 g/mol. The molecule has 0 atom stereocenters. The average molecular weight is 192 g/mol. The first kappa shape index (κ1) is 9.06. The van der Waals surface area contributed by atoms with Crippen molar-refractivity contribution in [1.29, 1.82) is 0 Å². The van der Waals surface area contributed by atoms with Crippen LogP contribution in [0.2, 0.25) is 0 Å². The van der Waals surface area contributed by atoms with E-state index in [4.69, 9.17) is 9.47 Å².